The van der Waals surface area contributed by atoms with Crippen molar-refractivity contribution in [2.75, 3.05) is 10.0 Å². The van der Waals surface area contributed by atoms with Gasteiger partial charge in [-0.15, -0.1) is 0 Å². The van der Waals surface area contributed by atoms with Crippen molar-refractivity contribution in [2.24, 2.45) is 5.92 Å². The average molecular weight is 500 g/mol. The SMILES string of the molecule is Cc1ccc(-c2sc(NC(=O)CCC3CCCC3)nc2C)cc1S(=O)(=O)Nc1ccc(O)cc1. The van der Waals surface area contributed by atoms with E-state index in [0.29, 0.717) is 28.7 Å². The van der Waals surface area contributed by atoms with E-state index < -0.39 is 10.0 Å². The number of nitrogens with zero attached hydrogens (tertiary/aromatic N) is 1. The summed E-state index contributed by atoms with van der Waals surface area (Å²) >= 11 is 1.34. The number of nitrogens with one attached hydrogen (secondary N) is 2. The summed E-state index contributed by atoms with van der Waals surface area (Å²) in [5, 5.41) is 12.9. The van der Waals surface area contributed by atoms with Crippen molar-refractivity contribution in [1.29, 1.82) is 0 Å². The molecule has 0 bridgehead atoms. The van der Waals surface area contributed by atoms with Crippen molar-refractivity contribution < 1.29 is 18.3 Å². The Morgan fingerprint density at radius 2 is 1.82 bits per heavy atom. The minimum atomic E-state index is -3.85. The van der Waals surface area contributed by atoms with Crippen LogP contribution < -0.4 is 10.0 Å². The van der Waals surface area contributed by atoms with Crippen molar-refractivity contribution in [3.8, 4) is 16.2 Å². The van der Waals surface area contributed by atoms with Gasteiger partial charge in [0.25, 0.3) is 10.0 Å². The van der Waals surface area contributed by atoms with E-state index in [1.54, 1.807) is 19.1 Å². The molecular formula is C25H29N3O4S2. The van der Waals surface area contributed by atoms with E-state index in [-0.39, 0.29) is 16.6 Å². The molecule has 1 aliphatic carbocycles. The third kappa shape index (κ3) is 5.77. The van der Waals surface area contributed by atoms with Crippen molar-refractivity contribution in [2.45, 2.75) is 57.3 Å². The van der Waals surface area contributed by atoms with Crippen molar-refractivity contribution in [1.82, 2.24) is 4.98 Å². The summed E-state index contributed by atoms with van der Waals surface area (Å²) in [7, 11) is -3.85. The number of carbonyl (C=O) groups excluding carboxylic acids is 1. The fraction of sp³-hybridized carbons (Fsp3) is 0.360. The number of benzene rings is 2. The third-order valence-electron chi connectivity index (χ3n) is 6.16. The molecule has 180 valence electrons. The molecule has 0 unspecified atom stereocenters. The van der Waals surface area contributed by atoms with Crippen molar-refractivity contribution >= 4 is 38.1 Å². The topological polar surface area (TPSA) is 108 Å². The lowest BCUT2D eigenvalue weighted by molar-refractivity contribution is -0.116. The van der Waals surface area contributed by atoms with E-state index in [0.717, 1.165) is 22.6 Å². The fourth-order valence-electron chi connectivity index (χ4n) is 4.30. The van der Waals surface area contributed by atoms with Crippen LogP contribution in [0.25, 0.3) is 10.4 Å². The van der Waals surface area contributed by atoms with E-state index in [4.69, 9.17) is 0 Å². The number of phenols is 1. The molecule has 4 rings (SSSR count). The van der Waals surface area contributed by atoms with E-state index in [1.165, 1.54) is 61.3 Å². The minimum Gasteiger partial charge on any atom is -0.508 e. The second-order valence-corrected chi connectivity index (χ2v) is 11.5. The molecule has 1 saturated carbocycles. The zero-order chi connectivity index (χ0) is 24.3. The Morgan fingerprint density at radius 3 is 2.53 bits per heavy atom. The van der Waals surface area contributed by atoms with Gasteiger partial charge in [-0.2, -0.15) is 0 Å². The van der Waals surface area contributed by atoms with Gasteiger partial charge in [-0.3, -0.25) is 9.52 Å². The molecule has 1 heterocycles. The molecule has 0 spiro atoms. The van der Waals surface area contributed by atoms with Gasteiger partial charge in [-0.25, -0.2) is 13.4 Å². The van der Waals surface area contributed by atoms with Gasteiger partial charge >= 0.3 is 0 Å². The first-order chi connectivity index (χ1) is 16.2. The highest BCUT2D eigenvalue weighted by Gasteiger charge is 2.21. The molecule has 1 amide bonds. The highest BCUT2D eigenvalue weighted by Crippen LogP contribution is 2.35. The Kier molecular flexibility index (Phi) is 7.23. The van der Waals surface area contributed by atoms with Crippen LogP contribution in [0.1, 0.15) is 49.8 Å². The van der Waals surface area contributed by atoms with E-state index >= 15 is 0 Å². The Morgan fingerprint density at radius 1 is 1.12 bits per heavy atom. The zero-order valence-corrected chi connectivity index (χ0v) is 20.9. The predicted molar refractivity (Wildman–Crippen MR) is 136 cm³/mol. The van der Waals surface area contributed by atoms with Gasteiger partial charge in [0.1, 0.15) is 5.75 Å². The summed E-state index contributed by atoms with van der Waals surface area (Å²) in [6.45, 7) is 3.59. The summed E-state index contributed by atoms with van der Waals surface area (Å²) in [5.74, 6) is 0.683. The first-order valence-electron chi connectivity index (χ1n) is 11.4. The van der Waals surface area contributed by atoms with Gasteiger partial charge < -0.3 is 10.4 Å². The Labute approximate surface area is 204 Å². The molecule has 7 nitrogen and oxygen atoms in total. The van der Waals surface area contributed by atoms with Crippen LogP contribution in [0, 0.1) is 19.8 Å². The van der Waals surface area contributed by atoms with E-state index in [9.17, 15) is 18.3 Å². The molecule has 0 radical (unpaired) electrons. The summed E-state index contributed by atoms with van der Waals surface area (Å²) in [6.07, 6.45) is 6.37. The van der Waals surface area contributed by atoms with Crippen molar-refractivity contribution in [3.05, 3.63) is 53.7 Å². The van der Waals surface area contributed by atoms with Crippen LogP contribution in [0.15, 0.2) is 47.4 Å². The minimum absolute atomic E-state index is 0.0301. The monoisotopic (exact) mass is 499 g/mol. The maximum Gasteiger partial charge on any atom is 0.262 e. The molecule has 3 N–H and O–H groups in total. The fourth-order valence-corrected chi connectivity index (χ4v) is 6.61. The van der Waals surface area contributed by atoms with Gasteiger partial charge in [0.05, 0.1) is 15.5 Å². The highest BCUT2D eigenvalue weighted by molar-refractivity contribution is 7.92. The number of thiazole rings is 1. The molecule has 0 aliphatic heterocycles. The van der Waals surface area contributed by atoms with Gasteiger partial charge in [-0.1, -0.05) is 49.2 Å². The van der Waals surface area contributed by atoms with Gasteiger partial charge in [0.2, 0.25) is 5.91 Å². The smallest absolute Gasteiger partial charge is 0.262 e. The molecule has 1 aliphatic rings. The molecule has 0 saturated heterocycles. The Balaban J connectivity index is 1.51. The maximum atomic E-state index is 13.1. The lowest BCUT2D eigenvalue weighted by Gasteiger charge is -2.12. The molecule has 2 aromatic carbocycles. The average Bonchev–Trinajstić information content (AvgIpc) is 3.43. The molecule has 1 aromatic heterocycles. The molecule has 9 heteroatoms. The zero-order valence-electron chi connectivity index (χ0n) is 19.3. The summed E-state index contributed by atoms with van der Waals surface area (Å²) in [6, 6.07) is 11.1. The second kappa shape index (κ2) is 10.1. The van der Waals surface area contributed by atoms with Gasteiger partial charge in [-0.05, 0) is 67.6 Å². The highest BCUT2D eigenvalue weighted by atomic mass is 32.2. The standard InChI is InChI=1S/C25H29N3O4S2/c1-16-7-9-19(15-22(16)34(31,32)28-20-10-12-21(29)13-11-20)24-17(2)26-25(33-24)27-23(30)14-8-18-5-3-4-6-18/h7,9-13,15,18,28-29H,3-6,8,14H2,1-2H3,(H,26,27,30). The second-order valence-electron chi connectivity index (χ2n) is 8.80. The third-order valence-corrected chi connectivity index (χ3v) is 8.80. The van der Waals surface area contributed by atoms with Crippen LogP contribution in [0.4, 0.5) is 10.8 Å². The molecule has 1 fully saturated rings. The first kappa shape index (κ1) is 24.2. The Bertz CT molecular complexity index is 1280. The lowest BCUT2D eigenvalue weighted by atomic mass is 10.0. The number of rotatable bonds is 8. The summed E-state index contributed by atoms with van der Waals surface area (Å²) in [5.41, 5.74) is 2.42. The van der Waals surface area contributed by atoms with E-state index in [2.05, 4.69) is 15.0 Å². The number of hydrogen-bond donors (Lipinski definition) is 3. The van der Waals surface area contributed by atoms with Crippen LogP contribution in [0.5, 0.6) is 5.75 Å². The maximum absolute atomic E-state index is 13.1. The summed E-state index contributed by atoms with van der Waals surface area (Å²) < 4.78 is 28.7. The van der Waals surface area contributed by atoms with Gasteiger partial charge in [0.15, 0.2) is 5.13 Å². The summed E-state index contributed by atoms with van der Waals surface area (Å²) in [4.78, 5) is 17.9. The van der Waals surface area contributed by atoms with E-state index in [1.807, 2.05) is 13.0 Å². The van der Waals surface area contributed by atoms with Crippen LogP contribution in [-0.2, 0) is 14.8 Å². The number of phenolic OH excluding ortho intramolecular Hbond substituents is 1. The largest absolute Gasteiger partial charge is 0.508 e. The van der Waals surface area contributed by atoms with Crippen LogP contribution in [0.2, 0.25) is 0 Å². The quantitative estimate of drug-likeness (QED) is 0.337. The molecule has 34 heavy (non-hydrogen) atoms. The number of aryl methyl sites for hydroxylation is 2. The van der Waals surface area contributed by atoms with Crippen LogP contribution in [0.3, 0.4) is 0 Å². The Hall–Kier alpha value is -2.91. The first-order valence-corrected chi connectivity index (χ1v) is 13.7. The molecule has 0 atom stereocenters. The number of anilines is 2. The molecule has 3 aromatic rings. The predicted octanol–water partition coefficient (Wildman–Crippen LogP) is 5.84. The van der Waals surface area contributed by atoms with Crippen molar-refractivity contribution in [3.63, 3.8) is 0 Å². The van der Waals surface area contributed by atoms with Gasteiger partial charge in [0, 0.05) is 12.1 Å². The number of carbonyl (C=O) groups is 1. The normalized spacial score (nSPS) is 14.3. The van der Waals surface area contributed by atoms with Crippen LogP contribution >= 0.6 is 11.3 Å². The number of sulfonamides is 1. The number of aromatic hydroxyl groups is 1. The van der Waals surface area contributed by atoms with Crippen LogP contribution in [-0.4, -0.2) is 24.4 Å². The lowest BCUT2D eigenvalue weighted by Crippen LogP contribution is -2.14. The molecular weight excluding hydrogens is 470 g/mol. The number of hydrogen-bond acceptors (Lipinski definition) is 6. The number of amides is 1. The number of aromatic nitrogens is 1.